The zero-order valence-corrected chi connectivity index (χ0v) is 17.2. The lowest BCUT2D eigenvalue weighted by molar-refractivity contribution is 0.0784. The van der Waals surface area contributed by atoms with E-state index >= 15 is 0 Å². The number of nitrogens with zero attached hydrogens (tertiary/aromatic N) is 1. The Morgan fingerprint density at radius 2 is 1.67 bits per heavy atom. The fourth-order valence-corrected chi connectivity index (χ4v) is 3.50. The average Bonchev–Trinajstić information content (AvgIpc) is 3.22. The van der Waals surface area contributed by atoms with Crippen LogP contribution in [0.1, 0.15) is 31.2 Å². The molecule has 0 aliphatic heterocycles. The monoisotopic (exact) mass is 442 g/mol. The molecule has 6 heteroatoms. The number of benzene rings is 2. The van der Waals surface area contributed by atoms with Crippen molar-refractivity contribution in [2.45, 2.75) is 13.1 Å². The van der Waals surface area contributed by atoms with Crippen LogP contribution in [0.5, 0.6) is 0 Å². The zero-order valence-electron chi connectivity index (χ0n) is 14.8. The summed E-state index contributed by atoms with van der Waals surface area (Å²) in [5, 5.41) is 4.76. The Hall–Kier alpha value is -2.44. The maximum Gasteiger partial charge on any atom is 0.261 e. The van der Waals surface area contributed by atoms with E-state index in [1.165, 1.54) is 11.3 Å². The van der Waals surface area contributed by atoms with Crippen molar-refractivity contribution in [2.24, 2.45) is 0 Å². The molecule has 0 radical (unpaired) electrons. The summed E-state index contributed by atoms with van der Waals surface area (Å²) >= 11 is 4.82. The van der Waals surface area contributed by atoms with Crippen LogP contribution in [-0.2, 0) is 13.1 Å². The van der Waals surface area contributed by atoms with E-state index in [1.54, 1.807) is 30.1 Å². The summed E-state index contributed by atoms with van der Waals surface area (Å²) in [7, 11) is 1.79. The highest BCUT2D eigenvalue weighted by molar-refractivity contribution is 9.10. The molecule has 2 aromatic carbocycles. The van der Waals surface area contributed by atoms with E-state index in [1.807, 2.05) is 47.8 Å². The van der Waals surface area contributed by atoms with Crippen molar-refractivity contribution in [1.82, 2.24) is 10.2 Å². The van der Waals surface area contributed by atoms with Crippen molar-refractivity contribution >= 4 is 39.1 Å². The SMILES string of the molecule is CN(Cc1ccc(Br)cc1)C(=O)c1ccc(CNC(=O)c2cccs2)cc1. The molecule has 0 atom stereocenters. The second kappa shape index (κ2) is 8.97. The van der Waals surface area contributed by atoms with Crippen LogP contribution in [0.3, 0.4) is 0 Å². The Balaban J connectivity index is 1.56. The fraction of sp³-hybridized carbons (Fsp3) is 0.143. The minimum Gasteiger partial charge on any atom is -0.347 e. The highest BCUT2D eigenvalue weighted by atomic mass is 79.9. The van der Waals surface area contributed by atoms with E-state index < -0.39 is 0 Å². The quantitative estimate of drug-likeness (QED) is 0.600. The Labute approximate surface area is 171 Å². The number of nitrogens with one attached hydrogen (secondary N) is 1. The van der Waals surface area contributed by atoms with Gasteiger partial charge in [-0.05, 0) is 46.8 Å². The number of thiophene rings is 1. The number of halogens is 1. The van der Waals surface area contributed by atoms with Crippen LogP contribution in [-0.4, -0.2) is 23.8 Å². The largest absolute Gasteiger partial charge is 0.347 e. The van der Waals surface area contributed by atoms with Crippen LogP contribution in [0.25, 0.3) is 0 Å². The molecule has 0 saturated carbocycles. The number of rotatable bonds is 6. The Kier molecular flexibility index (Phi) is 6.42. The van der Waals surface area contributed by atoms with Crippen molar-refractivity contribution in [2.75, 3.05) is 7.05 Å². The first-order valence-corrected chi connectivity index (χ1v) is 10.1. The predicted molar refractivity (Wildman–Crippen MR) is 112 cm³/mol. The van der Waals surface area contributed by atoms with E-state index in [0.29, 0.717) is 23.5 Å². The summed E-state index contributed by atoms with van der Waals surface area (Å²) in [6.07, 6.45) is 0. The number of hydrogen-bond acceptors (Lipinski definition) is 3. The van der Waals surface area contributed by atoms with Crippen LogP contribution < -0.4 is 5.32 Å². The summed E-state index contributed by atoms with van der Waals surface area (Å²) < 4.78 is 1.02. The lowest BCUT2D eigenvalue weighted by Gasteiger charge is -2.17. The van der Waals surface area contributed by atoms with Crippen molar-refractivity contribution in [3.05, 3.63) is 92.1 Å². The second-order valence-electron chi connectivity index (χ2n) is 6.14. The Morgan fingerprint density at radius 3 is 2.30 bits per heavy atom. The van der Waals surface area contributed by atoms with Crippen molar-refractivity contribution < 1.29 is 9.59 Å². The average molecular weight is 443 g/mol. The molecular weight excluding hydrogens is 424 g/mol. The fourth-order valence-electron chi connectivity index (χ4n) is 2.60. The first-order valence-electron chi connectivity index (χ1n) is 8.43. The van der Waals surface area contributed by atoms with Crippen molar-refractivity contribution in [3.8, 4) is 0 Å². The van der Waals surface area contributed by atoms with E-state index in [4.69, 9.17) is 0 Å². The first-order chi connectivity index (χ1) is 13.0. The lowest BCUT2D eigenvalue weighted by atomic mass is 10.1. The van der Waals surface area contributed by atoms with Crippen LogP contribution in [0.15, 0.2) is 70.5 Å². The molecule has 0 fully saturated rings. The highest BCUT2D eigenvalue weighted by Gasteiger charge is 2.12. The van der Waals surface area contributed by atoms with Gasteiger partial charge in [0.2, 0.25) is 0 Å². The topological polar surface area (TPSA) is 49.4 Å². The van der Waals surface area contributed by atoms with Gasteiger partial charge >= 0.3 is 0 Å². The molecule has 3 rings (SSSR count). The third-order valence-corrected chi connectivity index (χ3v) is 5.48. The molecule has 1 heterocycles. The summed E-state index contributed by atoms with van der Waals surface area (Å²) in [6.45, 7) is 0.977. The van der Waals surface area contributed by atoms with Crippen LogP contribution >= 0.6 is 27.3 Å². The maximum atomic E-state index is 12.6. The molecule has 3 aromatic rings. The molecule has 1 N–H and O–H groups in total. The smallest absolute Gasteiger partial charge is 0.261 e. The van der Waals surface area contributed by atoms with Gasteiger partial charge in [-0.25, -0.2) is 0 Å². The van der Waals surface area contributed by atoms with Gasteiger partial charge in [0.1, 0.15) is 0 Å². The van der Waals surface area contributed by atoms with Crippen molar-refractivity contribution in [1.29, 1.82) is 0 Å². The van der Waals surface area contributed by atoms with Crippen LogP contribution in [0.4, 0.5) is 0 Å². The minimum atomic E-state index is -0.0839. The van der Waals surface area contributed by atoms with Gasteiger partial charge in [0.05, 0.1) is 4.88 Å². The van der Waals surface area contributed by atoms with Gasteiger partial charge in [-0.3, -0.25) is 9.59 Å². The standard InChI is InChI=1S/C21H19BrN2O2S/c1-24(14-16-6-10-18(22)11-7-16)21(26)17-8-4-15(5-9-17)13-23-20(25)19-3-2-12-27-19/h2-12H,13-14H2,1H3,(H,23,25). The van der Waals surface area contributed by atoms with Gasteiger partial charge < -0.3 is 10.2 Å². The molecule has 4 nitrogen and oxygen atoms in total. The lowest BCUT2D eigenvalue weighted by Crippen LogP contribution is -2.26. The van der Waals surface area contributed by atoms with Gasteiger partial charge in [0.25, 0.3) is 11.8 Å². The predicted octanol–water partition coefficient (Wildman–Crippen LogP) is 4.71. The third kappa shape index (κ3) is 5.28. The Bertz CT molecular complexity index is 906. The number of carbonyl (C=O) groups is 2. The molecule has 0 spiro atoms. The summed E-state index contributed by atoms with van der Waals surface area (Å²) in [4.78, 5) is 27.0. The molecule has 27 heavy (non-hydrogen) atoms. The summed E-state index contributed by atoms with van der Waals surface area (Å²) in [5.41, 5.74) is 2.65. The highest BCUT2D eigenvalue weighted by Crippen LogP contribution is 2.14. The maximum absolute atomic E-state index is 12.6. The molecule has 0 aliphatic rings. The van der Waals surface area contributed by atoms with Gasteiger partial charge in [-0.15, -0.1) is 11.3 Å². The van der Waals surface area contributed by atoms with E-state index in [2.05, 4.69) is 21.2 Å². The van der Waals surface area contributed by atoms with Gasteiger partial charge in [0, 0.05) is 30.2 Å². The molecule has 0 aliphatic carbocycles. The number of hydrogen-bond donors (Lipinski definition) is 1. The number of amides is 2. The first kappa shape index (κ1) is 19.3. The van der Waals surface area contributed by atoms with Gasteiger partial charge in [-0.1, -0.05) is 46.3 Å². The Morgan fingerprint density at radius 1 is 1.00 bits per heavy atom. The van der Waals surface area contributed by atoms with Gasteiger partial charge in [-0.2, -0.15) is 0 Å². The normalized spacial score (nSPS) is 10.4. The summed E-state index contributed by atoms with van der Waals surface area (Å²) in [6, 6.07) is 18.9. The van der Waals surface area contributed by atoms with Gasteiger partial charge in [0.15, 0.2) is 0 Å². The minimum absolute atomic E-state index is 0.0351. The van der Waals surface area contributed by atoms with Crippen molar-refractivity contribution in [3.63, 3.8) is 0 Å². The third-order valence-electron chi connectivity index (χ3n) is 4.08. The summed E-state index contributed by atoms with van der Waals surface area (Å²) in [5.74, 6) is -0.119. The second-order valence-corrected chi connectivity index (χ2v) is 8.01. The zero-order chi connectivity index (χ0) is 19.2. The van der Waals surface area contributed by atoms with Crippen LogP contribution in [0, 0.1) is 0 Å². The van der Waals surface area contributed by atoms with E-state index in [9.17, 15) is 9.59 Å². The molecular formula is C21H19BrN2O2S. The molecule has 2 amide bonds. The molecule has 0 bridgehead atoms. The molecule has 138 valence electrons. The molecule has 0 saturated heterocycles. The molecule has 1 aromatic heterocycles. The van der Waals surface area contributed by atoms with E-state index in [-0.39, 0.29) is 11.8 Å². The van der Waals surface area contributed by atoms with Crippen LogP contribution in [0.2, 0.25) is 0 Å². The molecule has 0 unspecified atom stereocenters. The van der Waals surface area contributed by atoms with E-state index in [0.717, 1.165) is 15.6 Å². The number of carbonyl (C=O) groups excluding carboxylic acids is 2.